The van der Waals surface area contributed by atoms with Gasteiger partial charge in [0.2, 0.25) is 0 Å². The maximum atomic E-state index is 2.32. The summed E-state index contributed by atoms with van der Waals surface area (Å²) in [6.45, 7) is 3.96. The lowest BCUT2D eigenvalue weighted by Crippen LogP contribution is -2.43. The highest BCUT2D eigenvalue weighted by molar-refractivity contribution is 5.04. The second-order valence-electron chi connectivity index (χ2n) is 4.36. The number of allylic oxidation sites excluding steroid dienone is 1. The molecule has 2 rings (SSSR count). The summed E-state index contributed by atoms with van der Waals surface area (Å²) in [5.41, 5.74) is 0. The highest BCUT2D eigenvalue weighted by Gasteiger charge is 2.24. The normalized spacial score (nSPS) is 20.2. The van der Waals surface area contributed by atoms with E-state index in [4.69, 9.17) is 0 Å². The Morgan fingerprint density at radius 1 is 0.938 bits per heavy atom. The third-order valence-electron chi connectivity index (χ3n) is 2.84. The van der Waals surface area contributed by atoms with Crippen molar-refractivity contribution in [2.45, 2.75) is 13.1 Å². The van der Waals surface area contributed by atoms with Crippen molar-refractivity contribution in [3.63, 3.8) is 0 Å². The lowest BCUT2D eigenvalue weighted by Gasteiger charge is -2.34. The van der Waals surface area contributed by atoms with Gasteiger partial charge in [0, 0.05) is 38.9 Å². The molecule has 0 aromatic heterocycles. The Balaban J connectivity index is 2.06. The molecule has 2 aliphatic heterocycles. The first kappa shape index (κ1) is 10.9. The van der Waals surface area contributed by atoms with Crippen molar-refractivity contribution in [2.75, 3.05) is 27.4 Å². The van der Waals surface area contributed by atoms with Crippen molar-refractivity contribution in [3.05, 3.63) is 37.0 Å². The smallest absolute Gasteiger partial charge is 0.123 e. The standard InChI is InChI=1S/C12H20N4/c1-4-5-12(15-8-6-13(2)10-15)16-9-7-14(3)11-16/h4-9,12H,10-11H2,1-3H3. The Morgan fingerprint density at radius 2 is 1.44 bits per heavy atom. The lowest BCUT2D eigenvalue weighted by atomic mass is 10.3. The van der Waals surface area contributed by atoms with E-state index in [0.29, 0.717) is 6.17 Å². The molecule has 0 radical (unpaired) electrons. The Hall–Kier alpha value is -1.58. The van der Waals surface area contributed by atoms with Gasteiger partial charge in [0.15, 0.2) is 0 Å². The van der Waals surface area contributed by atoms with Gasteiger partial charge >= 0.3 is 0 Å². The molecule has 0 bridgehead atoms. The van der Waals surface area contributed by atoms with Gasteiger partial charge in [-0.1, -0.05) is 6.08 Å². The van der Waals surface area contributed by atoms with E-state index in [-0.39, 0.29) is 0 Å². The Labute approximate surface area is 97.7 Å². The summed E-state index contributed by atoms with van der Waals surface area (Å²) in [4.78, 5) is 9.01. The van der Waals surface area contributed by atoms with Gasteiger partial charge in [0.05, 0.1) is 13.3 Å². The van der Waals surface area contributed by atoms with Crippen molar-refractivity contribution < 1.29 is 0 Å². The van der Waals surface area contributed by atoms with Crippen molar-refractivity contribution >= 4 is 0 Å². The molecule has 0 amide bonds. The van der Waals surface area contributed by atoms with Gasteiger partial charge in [0.25, 0.3) is 0 Å². The van der Waals surface area contributed by atoms with E-state index in [1.807, 2.05) is 0 Å². The predicted molar refractivity (Wildman–Crippen MR) is 65.8 cm³/mol. The molecule has 2 heterocycles. The summed E-state index contributed by atoms with van der Waals surface area (Å²) in [6.07, 6.45) is 13.2. The van der Waals surface area contributed by atoms with E-state index in [9.17, 15) is 0 Å². The molecule has 16 heavy (non-hydrogen) atoms. The Morgan fingerprint density at radius 3 is 1.75 bits per heavy atom. The zero-order valence-corrected chi connectivity index (χ0v) is 10.2. The van der Waals surface area contributed by atoms with Gasteiger partial charge < -0.3 is 19.6 Å². The largest absolute Gasteiger partial charge is 0.362 e. The van der Waals surface area contributed by atoms with Gasteiger partial charge in [-0.25, -0.2) is 0 Å². The van der Waals surface area contributed by atoms with E-state index in [0.717, 1.165) is 13.3 Å². The maximum absolute atomic E-state index is 2.32. The van der Waals surface area contributed by atoms with Crippen LogP contribution in [0, 0.1) is 0 Å². The van der Waals surface area contributed by atoms with Gasteiger partial charge in [-0.3, -0.25) is 0 Å². The van der Waals surface area contributed by atoms with E-state index in [2.05, 4.69) is 77.6 Å². The number of hydrogen-bond donors (Lipinski definition) is 0. The topological polar surface area (TPSA) is 13.0 Å². The van der Waals surface area contributed by atoms with Crippen LogP contribution in [0.2, 0.25) is 0 Å². The summed E-state index contributed by atoms with van der Waals surface area (Å²) in [5, 5.41) is 0. The molecule has 0 atom stereocenters. The molecule has 0 unspecified atom stereocenters. The molecule has 2 aliphatic rings. The first-order chi connectivity index (χ1) is 7.70. The molecule has 0 saturated carbocycles. The van der Waals surface area contributed by atoms with Crippen molar-refractivity contribution in [2.24, 2.45) is 0 Å². The molecule has 0 aromatic rings. The summed E-state index contributed by atoms with van der Waals surface area (Å²) in [5.74, 6) is 0. The van der Waals surface area contributed by atoms with Crippen LogP contribution in [0.4, 0.5) is 0 Å². The average molecular weight is 220 g/mol. The van der Waals surface area contributed by atoms with Crippen LogP contribution in [-0.4, -0.2) is 53.2 Å². The highest BCUT2D eigenvalue weighted by Crippen LogP contribution is 2.17. The van der Waals surface area contributed by atoms with Crippen LogP contribution < -0.4 is 0 Å². The van der Waals surface area contributed by atoms with Crippen molar-refractivity contribution in [3.8, 4) is 0 Å². The third-order valence-corrected chi connectivity index (χ3v) is 2.84. The zero-order chi connectivity index (χ0) is 11.5. The molecule has 0 fully saturated rings. The van der Waals surface area contributed by atoms with Gasteiger partial charge in [-0.2, -0.15) is 0 Å². The van der Waals surface area contributed by atoms with Crippen LogP contribution in [0.3, 0.4) is 0 Å². The molecule has 0 saturated heterocycles. The zero-order valence-electron chi connectivity index (χ0n) is 10.2. The van der Waals surface area contributed by atoms with Gasteiger partial charge in [-0.15, -0.1) is 0 Å². The minimum Gasteiger partial charge on any atom is -0.362 e. The first-order valence-electron chi connectivity index (χ1n) is 5.62. The second kappa shape index (κ2) is 4.51. The quantitative estimate of drug-likeness (QED) is 0.663. The van der Waals surface area contributed by atoms with Gasteiger partial charge in [0.1, 0.15) is 6.17 Å². The lowest BCUT2D eigenvalue weighted by molar-refractivity contribution is 0.125. The molecule has 4 nitrogen and oxygen atoms in total. The number of rotatable bonds is 3. The fraction of sp³-hybridized carbons (Fsp3) is 0.500. The highest BCUT2D eigenvalue weighted by atomic mass is 15.5. The van der Waals surface area contributed by atoms with E-state index < -0.39 is 0 Å². The third kappa shape index (κ3) is 2.15. The summed E-state index contributed by atoms with van der Waals surface area (Å²) < 4.78 is 0. The van der Waals surface area contributed by atoms with Crippen LogP contribution in [0.25, 0.3) is 0 Å². The summed E-state index contributed by atoms with van der Waals surface area (Å²) in [7, 11) is 4.18. The molecule has 0 aliphatic carbocycles. The van der Waals surface area contributed by atoms with Crippen LogP contribution in [-0.2, 0) is 0 Å². The van der Waals surface area contributed by atoms with Crippen LogP contribution in [0.15, 0.2) is 37.0 Å². The van der Waals surface area contributed by atoms with Crippen molar-refractivity contribution in [1.29, 1.82) is 0 Å². The Kier molecular flexibility index (Phi) is 3.08. The molecule has 4 heteroatoms. The monoisotopic (exact) mass is 220 g/mol. The molecular formula is C12H20N4. The van der Waals surface area contributed by atoms with E-state index >= 15 is 0 Å². The van der Waals surface area contributed by atoms with E-state index in [1.165, 1.54) is 0 Å². The Bertz CT molecular complexity index is 295. The van der Waals surface area contributed by atoms with Crippen LogP contribution >= 0.6 is 0 Å². The van der Waals surface area contributed by atoms with Crippen LogP contribution in [0.1, 0.15) is 6.92 Å². The van der Waals surface area contributed by atoms with Crippen molar-refractivity contribution in [1.82, 2.24) is 19.6 Å². The molecule has 0 aromatic carbocycles. The molecule has 0 spiro atoms. The number of nitrogens with zero attached hydrogens (tertiary/aromatic N) is 4. The fourth-order valence-electron chi connectivity index (χ4n) is 2.03. The predicted octanol–water partition coefficient (Wildman–Crippen LogP) is 1.24. The number of hydrogen-bond acceptors (Lipinski definition) is 4. The molecule has 88 valence electrons. The first-order valence-corrected chi connectivity index (χ1v) is 5.62. The SMILES string of the molecule is CC=CC(N1C=CN(C)C1)N1C=CN(C)C1. The average Bonchev–Trinajstić information content (AvgIpc) is 2.84. The van der Waals surface area contributed by atoms with Crippen LogP contribution in [0.5, 0.6) is 0 Å². The maximum Gasteiger partial charge on any atom is 0.123 e. The minimum atomic E-state index is 0.312. The van der Waals surface area contributed by atoms with Gasteiger partial charge in [-0.05, 0) is 13.0 Å². The molecule has 0 N–H and O–H groups in total. The second-order valence-corrected chi connectivity index (χ2v) is 4.36. The summed E-state index contributed by atoms with van der Waals surface area (Å²) >= 11 is 0. The minimum absolute atomic E-state index is 0.312. The molecular weight excluding hydrogens is 200 g/mol. The summed E-state index contributed by atoms with van der Waals surface area (Å²) in [6, 6.07) is 0. The fourth-order valence-corrected chi connectivity index (χ4v) is 2.03. The van der Waals surface area contributed by atoms with E-state index in [1.54, 1.807) is 0 Å².